The Morgan fingerprint density at radius 3 is 2.07 bits per heavy atom. The zero-order valence-corrected chi connectivity index (χ0v) is 26.6. The lowest BCUT2D eigenvalue weighted by Crippen LogP contribution is -2.54. The molecule has 4 heterocycles. The van der Waals surface area contributed by atoms with Gasteiger partial charge in [0.2, 0.25) is 11.8 Å². The molecular formula is C35H42N6O5. The van der Waals surface area contributed by atoms with E-state index in [0.717, 1.165) is 81.2 Å². The summed E-state index contributed by atoms with van der Waals surface area (Å²) in [5.41, 5.74) is 3.57. The van der Waals surface area contributed by atoms with Gasteiger partial charge in [0, 0.05) is 74.7 Å². The fourth-order valence-corrected chi connectivity index (χ4v) is 7.69. The van der Waals surface area contributed by atoms with E-state index < -0.39 is 23.8 Å². The SMILES string of the molecule is CC1(C)CC[C@@H]1NC(=O)c1ccc(N2CCN(C3CCN(c4ccc5c(c4)C(=O)N(C4CCC(=O)NC4=O)C5=O)CC3)CC2)cc1. The highest BCUT2D eigenvalue weighted by molar-refractivity contribution is 6.23. The van der Waals surface area contributed by atoms with Crippen LogP contribution in [0.5, 0.6) is 0 Å². The number of benzene rings is 2. The monoisotopic (exact) mass is 626 g/mol. The maximum Gasteiger partial charge on any atom is 0.262 e. The van der Waals surface area contributed by atoms with Crippen LogP contribution in [0.4, 0.5) is 11.4 Å². The van der Waals surface area contributed by atoms with Crippen LogP contribution in [0.15, 0.2) is 42.5 Å². The molecule has 0 aromatic heterocycles. The fraction of sp³-hybridized carbons (Fsp3) is 0.514. The zero-order valence-electron chi connectivity index (χ0n) is 26.6. The van der Waals surface area contributed by atoms with E-state index in [1.807, 2.05) is 18.2 Å². The van der Waals surface area contributed by atoms with Gasteiger partial charge in [-0.05, 0) is 80.0 Å². The van der Waals surface area contributed by atoms with Crippen LogP contribution in [0.3, 0.4) is 0 Å². The molecule has 7 rings (SSSR count). The third kappa shape index (κ3) is 5.55. The molecule has 5 amide bonds. The number of carbonyl (C=O) groups is 5. The van der Waals surface area contributed by atoms with Gasteiger partial charge in [0.1, 0.15) is 6.04 Å². The molecule has 1 aliphatic carbocycles. The van der Waals surface area contributed by atoms with Crippen molar-refractivity contribution in [3.8, 4) is 0 Å². The summed E-state index contributed by atoms with van der Waals surface area (Å²) in [6, 6.07) is 13.1. The van der Waals surface area contributed by atoms with Crippen molar-refractivity contribution >= 4 is 40.9 Å². The molecule has 4 fully saturated rings. The van der Waals surface area contributed by atoms with Gasteiger partial charge in [-0.25, -0.2) is 0 Å². The first-order valence-electron chi connectivity index (χ1n) is 16.6. The van der Waals surface area contributed by atoms with Crippen LogP contribution < -0.4 is 20.4 Å². The molecule has 242 valence electrons. The molecule has 3 saturated heterocycles. The molecule has 4 aliphatic heterocycles. The Morgan fingerprint density at radius 2 is 1.43 bits per heavy atom. The molecule has 2 atom stereocenters. The number of carbonyl (C=O) groups excluding carboxylic acids is 5. The van der Waals surface area contributed by atoms with Crippen molar-refractivity contribution in [3.05, 3.63) is 59.2 Å². The average Bonchev–Trinajstić information content (AvgIpc) is 3.31. The van der Waals surface area contributed by atoms with Gasteiger partial charge in [-0.2, -0.15) is 0 Å². The maximum atomic E-state index is 13.3. The van der Waals surface area contributed by atoms with E-state index in [1.165, 1.54) is 0 Å². The van der Waals surface area contributed by atoms with Crippen molar-refractivity contribution in [3.63, 3.8) is 0 Å². The van der Waals surface area contributed by atoms with Gasteiger partial charge in [-0.1, -0.05) is 13.8 Å². The first-order valence-corrected chi connectivity index (χ1v) is 16.6. The second kappa shape index (κ2) is 11.8. The number of nitrogens with one attached hydrogen (secondary N) is 2. The number of rotatable bonds is 6. The quantitative estimate of drug-likeness (QED) is 0.470. The van der Waals surface area contributed by atoms with Crippen molar-refractivity contribution < 1.29 is 24.0 Å². The standard InChI is InChI=1S/C35H42N6O5/c1-35(2)14-11-29(35)36-31(43)22-3-5-23(6-4-22)39-17-19-40(20-18-39)24-12-15-38(16-13-24)25-7-8-26-27(21-25)34(46)41(33(26)45)28-9-10-30(42)37-32(28)44/h3-8,21,24,28-29H,9-20H2,1-2H3,(H,36,43)(H,37,42,44)/t28?,29-/m0/s1. The lowest BCUT2D eigenvalue weighted by molar-refractivity contribution is -0.136. The van der Waals surface area contributed by atoms with E-state index in [9.17, 15) is 24.0 Å². The third-order valence-corrected chi connectivity index (χ3v) is 10.9. The van der Waals surface area contributed by atoms with Gasteiger partial charge in [0.15, 0.2) is 0 Å². The van der Waals surface area contributed by atoms with E-state index in [-0.39, 0.29) is 36.1 Å². The summed E-state index contributed by atoms with van der Waals surface area (Å²) in [6.07, 6.45) is 4.46. The zero-order chi connectivity index (χ0) is 32.2. The molecule has 1 unspecified atom stereocenters. The van der Waals surface area contributed by atoms with Crippen molar-refractivity contribution in [2.45, 2.75) is 70.5 Å². The molecule has 0 spiro atoms. The van der Waals surface area contributed by atoms with Crippen molar-refractivity contribution in [2.75, 3.05) is 49.1 Å². The van der Waals surface area contributed by atoms with Crippen LogP contribution in [-0.2, 0) is 9.59 Å². The van der Waals surface area contributed by atoms with E-state index in [2.05, 4.69) is 51.3 Å². The van der Waals surface area contributed by atoms with Gasteiger partial charge in [0.25, 0.3) is 17.7 Å². The van der Waals surface area contributed by atoms with Crippen LogP contribution in [0.1, 0.15) is 83.4 Å². The number of hydrogen-bond donors (Lipinski definition) is 2. The molecule has 46 heavy (non-hydrogen) atoms. The number of anilines is 2. The highest BCUT2D eigenvalue weighted by atomic mass is 16.2. The minimum atomic E-state index is -0.958. The Morgan fingerprint density at radius 1 is 0.783 bits per heavy atom. The minimum absolute atomic E-state index is 0.00895. The lowest BCUT2D eigenvalue weighted by atomic mass is 9.67. The van der Waals surface area contributed by atoms with Gasteiger partial charge in [-0.15, -0.1) is 0 Å². The van der Waals surface area contributed by atoms with Crippen molar-refractivity contribution in [2.24, 2.45) is 5.41 Å². The molecule has 2 aromatic carbocycles. The number of nitrogens with zero attached hydrogens (tertiary/aromatic N) is 4. The molecule has 1 saturated carbocycles. The topological polar surface area (TPSA) is 122 Å². The lowest BCUT2D eigenvalue weighted by Gasteiger charge is -2.44. The van der Waals surface area contributed by atoms with E-state index in [0.29, 0.717) is 22.7 Å². The Bertz CT molecular complexity index is 1570. The number of piperidine rings is 2. The molecule has 11 nitrogen and oxygen atoms in total. The fourth-order valence-electron chi connectivity index (χ4n) is 7.69. The second-order valence-corrected chi connectivity index (χ2v) is 14.0. The summed E-state index contributed by atoms with van der Waals surface area (Å²) in [7, 11) is 0. The predicted octanol–water partition coefficient (Wildman–Crippen LogP) is 2.80. The van der Waals surface area contributed by atoms with Crippen LogP contribution in [-0.4, -0.2) is 96.7 Å². The smallest absolute Gasteiger partial charge is 0.262 e. The van der Waals surface area contributed by atoms with Crippen LogP contribution in [0.2, 0.25) is 0 Å². The van der Waals surface area contributed by atoms with Gasteiger partial charge < -0.3 is 15.1 Å². The number of amides is 5. The number of piperazine rings is 1. The Hall–Kier alpha value is -4.25. The van der Waals surface area contributed by atoms with Gasteiger partial charge in [0.05, 0.1) is 11.1 Å². The van der Waals surface area contributed by atoms with Crippen LogP contribution in [0, 0.1) is 5.41 Å². The summed E-state index contributed by atoms with van der Waals surface area (Å²) < 4.78 is 0. The third-order valence-electron chi connectivity index (χ3n) is 10.9. The molecule has 2 aromatic rings. The molecular weight excluding hydrogens is 584 g/mol. The first-order chi connectivity index (χ1) is 22.1. The van der Waals surface area contributed by atoms with E-state index in [1.54, 1.807) is 12.1 Å². The Labute approximate surface area is 269 Å². The molecule has 0 radical (unpaired) electrons. The van der Waals surface area contributed by atoms with Crippen LogP contribution >= 0.6 is 0 Å². The van der Waals surface area contributed by atoms with Gasteiger partial charge in [-0.3, -0.25) is 39.1 Å². The minimum Gasteiger partial charge on any atom is -0.371 e. The Kier molecular flexibility index (Phi) is 7.83. The largest absolute Gasteiger partial charge is 0.371 e. The number of hydrogen-bond acceptors (Lipinski definition) is 8. The normalized spacial score (nSPS) is 25.3. The predicted molar refractivity (Wildman–Crippen MR) is 173 cm³/mol. The highest BCUT2D eigenvalue weighted by Gasteiger charge is 2.45. The van der Waals surface area contributed by atoms with E-state index >= 15 is 0 Å². The van der Waals surface area contributed by atoms with E-state index in [4.69, 9.17) is 0 Å². The molecule has 2 N–H and O–H groups in total. The summed E-state index contributed by atoms with van der Waals surface area (Å²) in [4.78, 5) is 71.3. The average molecular weight is 627 g/mol. The number of imide groups is 2. The summed E-state index contributed by atoms with van der Waals surface area (Å²) in [5, 5.41) is 5.44. The van der Waals surface area contributed by atoms with Gasteiger partial charge >= 0.3 is 0 Å². The number of fused-ring (bicyclic) bond motifs is 1. The highest BCUT2D eigenvalue weighted by Crippen LogP contribution is 2.40. The maximum absolute atomic E-state index is 13.3. The summed E-state index contributed by atoms with van der Waals surface area (Å²) in [6.45, 7) is 9.95. The summed E-state index contributed by atoms with van der Waals surface area (Å²) >= 11 is 0. The summed E-state index contributed by atoms with van der Waals surface area (Å²) in [5.74, 6) is -1.92. The Balaban J connectivity index is 0.904. The van der Waals surface area contributed by atoms with Crippen LogP contribution in [0.25, 0.3) is 0 Å². The molecule has 11 heteroatoms. The second-order valence-electron chi connectivity index (χ2n) is 14.0. The first kappa shape index (κ1) is 30.4. The van der Waals surface area contributed by atoms with Crippen molar-refractivity contribution in [1.82, 2.24) is 20.4 Å². The molecule has 5 aliphatic rings. The van der Waals surface area contributed by atoms with Crippen molar-refractivity contribution in [1.29, 1.82) is 0 Å². The molecule has 0 bridgehead atoms.